The maximum atomic E-state index is 14.0. The summed E-state index contributed by atoms with van der Waals surface area (Å²) in [5, 5.41) is 0.764. The van der Waals surface area contributed by atoms with Crippen LogP contribution in [-0.4, -0.2) is 54.7 Å². The molecule has 0 bridgehead atoms. The number of nitrogens with zero attached hydrogens (tertiary/aromatic N) is 3. The van der Waals surface area contributed by atoms with Gasteiger partial charge in [0.25, 0.3) is 0 Å². The van der Waals surface area contributed by atoms with E-state index in [-0.39, 0.29) is 44.3 Å². The summed E-state index contributed by atoms with van der Waals surface area (Å²) in [4.78, 5) is 18.6. The molecule has 0 unspecified atom stereocenters. The molecule has 1 saturated heterocycles. The molecule has 0 N–H and O–H groups in total. The summed E-state index contributed by atoms with van der Waals surface area (Å²) in [5.41, 5.74) is 1.31. The summed E-state index contributed by atoms with van der Waals surface area (Å²) < 4.78 is 67.7. The lowest BCUT2D eigenvalue weighted by molar-refractivity contribution is -0.131. The van der Waals surface area contributed by atoms with Crippen molar-refractivity contribution in [2.24, 2.45) is 0 Å². The van der Waals surface area contributed by atoms with Crippen molar-refractivity contribution in [1.82, 2.24) is 14.2 Å². The van der Waals surface area contributed by atoms with E-state index < -0.39 is 26.6 Å². The monoisotopic (exact) mass is 495 g/mol. The Hall–Kier alpha value is -2.76. The molecule has 0 spiro atoms. The van der Waals surface area contributed by atoms with Crippen molar-refractivity contribution in [3.05, 3.63) is 69.8 Å². The first-order valence-electron chi connectivity index (χ1n) is 10.1. The Labute approximate surface area is 193 Å². The minimum Gasteiger partial charge on any atom is -0.340 e. The van der Waals surface area contributed by atoms with Crippen LogP contribution in [0.3, 0.4) is 0 Å². The fourth-order valence-electron chi connectivity index (χ4n) is 3.71. The molecule has 0 saturated carbocycles. The van der Waals surface area contributed by atoms with Gasteiger partial charge in [-0.25, -0.2) is 26.6 Å². The molecular weight excluding hydrogens is 475 g/mol. The normalized spacial score (nSPS) is 15.1. The molecule has 0 radical (unpaired) electrons. The third kappa shape index (κ3) is 4.80. The number of halogens is 3. The van der Waals surface area contributed by atoms with Crippen LogP contribution in [0, 0.1) is 24.4 Å². The maximum Gasteiger partial charge on any atom is 0.249 e. The number of thiazole rings is 1. The molecule has 1 aliphatic rings. The molecule has 1 fully saturated rings. The molecule has 0 atom stereocenters. The highest BCUT2D eigenvalue weighted by atomic mass is 32.2. The Morgan fingerprint density at radius 2 is 1.61 bits per heavy atom. The zero-order valence-corrected chi connectivity index (χ0v) is 19.2. The number of hydrogen-bond donors (Lipinski definition) is 0. The average molecular weight is 496 g/mol. The van der Waals surface area contributed by atoms with E-state index in [0.29, 0.717) is 11.3 Å². The van der Waals surface area contributed by atoms with Crippen LogP contribution in [-0.2, 0) is 21.2 Å². The number of rotatable bonds is 5. The Kier molecular flexibility index (Phi) is 6.55. The van der Waals surface area contributed by atoms with Crippen LogP contribution in [0.2, 0.25) is 0 Å². The summed E-state index contributed by atoms with van der Waals surface area (Å²) in [6, 6.07) is 8.74. The zero-order chi connectivity index (χ0) is 23.8. The van der Waals surface area contributed by atoms with E-state index >= 15 is 0 Å². The largest absolute Gasteiger partial charge is 0.340 e. The molecule has 11 heteroatoms. The molecule has 6 nitrogen and oxygen atoms in total. The van der Waals surface area contributed by atoms with E-state index in [9.17, 15) is 26.4 Å². The number of sulfonamides is 1. The molecule has 0 aliphatic carbocycles. The van der Waals surface area contributed by atoms with Crippen molar-refractivity contribution < 1.29 is 26.4 Å². The van der Waals surface area contributed by atoms with Crippen LogP contribution in [0.1, 0.15) is 9.88 Å². The van der Waals surface area contributed by atoms with Gasteiger partial charge in [0, 0.05) is 36.6 Å². The number of benzene rings is 2. The van der Waals surface area contributed by atoms with Gasteiger partial charge in [0.2, 0.25) is 15.9 Å². The van der Waals surface area contributed by atoms with Gasteiger partial charge in [0.15, 0.2) is 4.90 Å². The highest BCUT2D eigenvalue weighted by Gasteiger charge is 2.34. The van der Waals surface area contributed by atoms with Crippen LogP contribution < -0.4 is 0 Å². The van der Waals surface area contributed by atoms with Crippen molar-refractivity contribution in [3.8, 4) is 11.3 Å². The van der Waals surface area contributed by atoms with Crippen molar-refractivity contribution in [2.75, 3.05) is 26.2 Å². The SMILES string of the molecule is Cc1nc(-c2ccc(F)cc2)c(CC(=O)N2CCN(S(=O)(=O)c3c(F)cccc3F)CC2)s1. The summed E-state index contributed by atoms with van der Waals surface area (Å²) in [5.74, 6) is -2.88. The Bertz CT molecular complexity index is 1270. The second-order valence-corrected chi connectivity index (χ2v) is 10.7. The molecule has 1 aliphatic heterocycles. The second-order valence-electron chi connectivity index (χ2n) is 7.52. The molecule has 33 heavy (non-hydrogen) atoms. The van der Waals surface area contributed by atoms with E-state index in [1.165, 1.54) is 28.4 Å². The minimum atomic E-state index is -4.37. The van der Waals surface area contributed by atoms with Crippen LogP contribution in [0.5, 0.6) is 0 Å². The average Bonchev–Trinajstić information content (AvgIpc) is 3.14. The van der Waals surface area contributed by atoms with Gasteiger partial charge in [-0.2, -0.15) is 4.31 Å². The first kappa shape index (κ1) is 23.4. The molecule has 2 aromatic carbocycles. The van der Waals surface area contributed by atoms with Gasteiger partial charge in [0.1, 0.15) is 17.5 Å². The first-order valence-corrected chi connectivity index (χ1v) is 12.4. The maximum absolute atomic E-state index is 14.0. The summed E-state index contributed by atoms with van der Waals surface area (Å²) in [6.45, 7) is 1.86. The Morgan fingerprint density at radius 3 is 2.21 bits per heavy atom. The summed E-state index contributed by atoms with van der Waals surface area (Å²) in [6.07, 6.45) is 0.0624. The lowest BCUT2D eigenvalue weighted by Crippen LogP contribution is -2.51. The topological polar surface area (TPSA) is 70.6 Å². The second kappa shape index (κ2) is 9.24. The third-order valence-electron chi connectivity index (χ3n) is 5.34. The van der Waals surface area contributed by atoms with Crippen LogP contribution in [0.15, 0.2) is 47.4 Å². The van der Waals surface area contributed by atoms with Gasteiger partial charge in [-0.05, 0) is 43.3 Å². The lowest BCUT2D eigenvalue weighted by Gasteiger charge is -2.34. The predicted molar refractivity (Wildman–Crippen MR) is 118 cm³/mol. The Morgan fingerprint density at radius 1 is 1.00 bits per heavy atom. The van der Waals surface area contributed by atoms with Gasteiger partial charge in [-0.15, -0.1) is 11.3 Å². The predicted octanol–water partition coefficient (Wildman–Crippen LogP) is 3.61. The molecule has 1 amide bonds. The number of aryl methyl sites for hydroxylation is 1. The molecule has 1 aromatic heterocycles. The fraction of sp³-hybridized carbons (Fsp3) is 0.273. The fourth-order valence-corrected chi connectivity index (χ4v) is 6.19. The standard InChI is InChI=1S/C22H20F3N3O3S2/c1-14-26-21(15-5-7-16(23)8-6-15)19(32-14)13-20(29)27-9-11-28(12-10-27)33(30,31)22-17(24)3-2-4-18(22)25/h2-8H,9-13H2,1H3. The summed E-state index contributed by atoms with van der Waals surface area (Å²) in [7, 11) is -4.37. The highest BCUT2D eigenvalue weighted by molar-refractivity contribution is 7.89. The molecule has 4 rings (SSSR count). The van der Waals surface area contributed by atoms with Crippen molar-refractivity contribution in [1.29, 1.82) is 0 Å². The molecule has 174 valence electrons. The van der Waals surface area contributed by atoms with Gasteiger partial charge < -0.3 is 4.90 Å². The zero-order valence-electron chi connectivity index (χ0n) is 17.6. The smallest absolute Gasteiger partial charge is 0.249 e. The van der Waals surface area contributed by atoms with E-state index in [4.69, 9.17) is 0 Å². The van der Waals surface area contributed by atoms with Crippen molar-refractivity contribution >= 4 is 27.3 Å². The molecule has 3 aromatic rings. The summed E-state index contributed by atoms with van der Waals surface area (Å²) >= 11 is 1.37. The Balaban J connectivity index is 1.45. The number of amides is 1. The number of aromatic nitrogens is 1. The van der Waals surface area contributed by atoms with Crippen molar-refractivity contribution in [3.63, 3.8) is 0 Å². The van der Waals surface area contributed by atoms with Crippen LogP contribution >= 0.6 is 11.3 Å². The van der Waals surface area contributed by atoms with Gasteiger partial charge in [-0.1, -0.05) is 6.07 Å². The molecule has 2 heterocycles. The quantitative estimate of drug-likeness (QED) is 0.542. The number of piperazine rings is 1. The number of carbonyl (C=O) groups is 1. The van der Waals surface area contributed by atoms with E-state index in [1.54, 1.807) is 12.1 Å². The van der Waals surface area contributed by atoms with E-state index in [0.717, 1.165) is 32.4 Å². The number of carbonyl (C=O) groups excluding carboxylic acids is 1. The van der Waals surface area contributed by atoms with E-state index in [1.807, 2.05) is 6.92 Å². The van der Waals surface area contributed by atoms with Crippen molar-refractivity contribution in [2.45, 2.75) is 18.2 Å². The van der Waals surface area contributed by atoms with Gasteiger partial charge >= 0.3 is 0 Å². The number of hydrogen-bond acceptors (Lipinski definition) is 5. The first-order chi connectivity index (χ1) is 15.7. The minimum absolute atomic E-state index is 0.0624. The molecular formula is C22H20F3N3O3S2. The van der Waals surface area contributed by atoms with Gasteiger partial charge in [-0.3, -0.25) is 4.79 Å². The highest BCUT2D eigenvalue weighted by Crippen LogP contribution is 2.29. The van der Waals surface area contributed by atoms with Crippen LogP contribution in [0.4, 0.5) is 13.2 Å². The van der Waals surface area contributed by atoms with Crippen LogP contribution in [0.25, 0.3) is 11.3 Å². The lowest BCUT2D eigenvalue weighted by atomic mass is 10.1. The van der Waals surface area contributed by atoms with Gasteiger partial charge in [0.05, 0.1) is 17.1 Å². The van der Waals surface area contributed by atoms with E-state index in [2.05, 4.69) is 4.98 Å². The third-order valence-corrected chi connectivity index (χ3v) is 8.26.